The molecule has 1 N–H and O–H groups in total. The summed E-state index contributed by atoms with van der Waals surface area (Å²) in [4.78, 5) is 13.2. The summed E-state index contributed by atoms with van der Waals surface area (Å²) in [6.45, 7) is 16.0. The third kappa shape index (κ3) is 10.3. The average molecular weight is 461 g/mol. The standard InChI is InChI=1S/C27H52N6/c1-7-9-11-12-13-14-15-16-17-19-33(25-29-22-28-23-30-25)32(18-10-8-2)24-20-26(3,4)31-27(5,6)21-24/h22-24,31H,7-21H2,1-6H3. The normalized spacial score (nSPS) is 18.0. The highest BCUT2D eigenvalue weighted by Gasteiger charge is 2.41. The van der Waals surface area contributed by atoms with E-state index in [9.17, 15) is 0 Å². The molecule has 0 amide bonds. The van der Waals surface area contributed by atoms with E-state index >= 15 is 0 Å². The molecule has 0 bridgehead atoms. The summed E-state index contributed by atoms with van der Waals surface area (Å²) in [6.07, 6.45) is 20.0. The lowest BCUT2D eigenvalue weighted by Gasteiger charge is -2.51. The van der Waals surface area contributed by atoms with Gasteiger partial charge in [0.2, 0.25) is 5.95 Å². The van der Waals surface area contributed by atoms with Crippen LogP contribution in [-0.2, 0) is 0 Å². The summed E-state index contributed by atoms with van der Waals surface area (Å²) in [6, 6.07) is 0.470. The second-order valence-electron chi connectivity index (χ2n) is 11.4. The quantitative estimate of drug-likeness (QED) is 0.223. The third-order valence-electron chi connectivity index (χ3n) is 6.83. The molecule has 2 rings (SSSR count). The fourth-order valence-corrected chi connectivity index (χ4v) is 5.58. The maximum atomic E-state index is 4.58. The van der Waals surface area contributed by atoms with Gasteiger partial charge in [0, 0.05) is 30.2 Å². The second-order valence-corrected chi connectivity index (χ2v) is 11.4. The minimum atomic E-state index is 0.111. The van der Waals surface area contributed by atoms with E-state index in [-0.39, 0.29) is 11.1 Å². The summed E-state index contributed by atoms with van der Waals surface area (Å²) in [5.41, 5.74) is 0.221. The Labute approximate surface area is 204 Å². The van der Waals surface area contributed by atoms with Gasteiger partial charge in [-0.15, -0.1) is 0 Å². The number of rotatable bonds is 16. The number of piperidine rings is 1. The Morgan fingerprint density at radius 1 is 0.758 bits per heavy atom. The Bertz CT molecular complexity index is 617. The SMILES string of the molecule is CCCCCCCCCCCN(c1ncncn1)N(CCCC)C1CC(C)(C)NC(C)(C)C1. The molecule has 1 aromatic heterocycles. The lowest BCUT2D eigenvalue weighted by molar-refractivity contribution is 0.0554. The second kappa shape index (κ2) is 14.2. The molecule has 1 aliphatic rings. The monoisotopic (exact) mass is 460 g/mol. The van der Waals surface area contributed by atoms with Crippen LogP contribution in [0.1, 0.15) is 125 Å². The fourth-order valence-electron chi connectivity index (χ4n) is 5.58. The summed E-state index contributed by atoms with van der Waals surface area (Å²) in [7, 11) is 0. The Balaban J connectivity index is 2.05. The van der Waals surface area contributed by atoms with Gasteiger partial charge in [-0.05, 0) is 53.4 Å². The molecule has 190 valence electrons. The topological polar surface area (TPSA) is 57.2 Å². The molecule has 0 aliphatic carbocycles. The third-order valence-corrected chi connectivity index (χ3v) is 6.83. The van der Waals surface area contributed by atoms with Gasteiger partial charge in [-0.2, -0.15) is 0 Å². The summed E-state index contributed by atoms with van der Waals surface area (Å²) in [5.74, 6) is 0.801. The van der Waals surface area contributed by atoms with E-state index in [1.807, 2.05) is 0 Å². The van der Waals surface area contributed by atoms with E-state index < -0.39 is 0 Å². The van der Waals surface area contributed by atoms with Crippen molar-refractivity contribution in [2.24, 2.45) is 0 Å². The molecule has 2 heterocycles. The molecular formula is C27H52N6. The molecular weight excluding hydrogens is 408 g/mol. The Hall–Kier alpha value is -1.27. The van der Waals surface area contributed by atoms with Gasteiger partial charge in [0.05, 0.1) is 0 Å². The lowest BCUT2D eigenvalue weighted by atomic mass is 9.79. The van der Waals surface area contributed by atoms with Crippen LogP contribution in [-0.4, -0.2) is 50.2 Å². The van der Waals surface area contributed by atoms with Crippen molar-refractivity contribution in [1.29, 1.82) is 0 Å². The predicted octanol–water partition coefficient (Wildman–Crippen LogP) is 6.54. The molecule has 0 aromatic carbocycles. The van der Waals surface area contributed by atoms with Gasteiger partial charge in [0.25, 0.3) is 0 Å². The number of aromatic nitrogens is 3. The van der Waals surface area contributed by atoms with Crippen molar-refractivity contribution in [1.82, 2.24) is 25.3 Å². The van der Waals surface area contributed by atoms with E-state index in [0.717, 1.165) is 31.9 Å². The zero-order valence-electron chi connectivity index (χ0n) is 22.6. The minimum Gasteiger partial charge on any atom is -0.307 e. The van der Waals surface area contributed by atoms with E-state index in [2.05, 4.69) is 71.8 Å². The number of unbranched alkanes of at least 4 members (excludes halogenated alkanes) is 9. The van der Waals surface area contributed by atoms with Crippen molar-refractivity contribution in [3.05, 3.63) is 12.7 Å². The van der Waals surface area contributed by atoms with E-state index in [0.29, 0.717) is 6.04 Å². The van der Waals surface area contributed by atoms with Gasteiger partial charge in [-0.3, -0.25) is 5.01 Å². The first-order chi connectivity index (χ1) is 15.8. The molecule has 6 heteroatoms. The molecule has 1 fully saturated rings. The zero-order valence-corrected chi connectivity index (χ0v) is 22.6. The van der Waals surface area contributed by atoms with Gasteiger partial charge >= 0.3 is 0 Å². The molecule has 0 spiro atoms. The van der Waals surface area contributed by atoms with Crippen LogP contribution in [0.15, 0.2) is 12.7 Å². The first-order valence-corrected chi connectivity index (χ1v) is 13.7. The van der Waals surface area contributed by atoms with Crippen LogP contribution in [0.25, 0.3) is 0 Å². The van der Waals surface area contributed by atoms with Crippen LogP contribution in [0.2, 0.25) is 0 Å². The van der Waals surface area contributed by atoms with Crippen molar-refractivity contribution in [3.8, 4) is 0 Å². The van der Waals surface area contributed by atoms with Crippen LogP contribution in [0, 0.1) is 0 Å². The minimum absolute atomic E-state index is 0.111. The maximum Gasteiger partial charge on any atom is 0.243 e. The molecule has 0 saturated carbocycles. The van der Waals surface area contributed by atoms with E-state index in [1.54, 1.807) is 12.7 Å². The number of anilines is 1. The van der Waals surface area contributed by atoms with Gasteiger partial charge in [0.1, 0.15) is 12.7 Å². The summed E-state index contributed by atoms with van der Waals surface area (Å²) >= 11 is 0. The van der Waals surface area contributed by atoms with Crippen LogP contribution >= 0.6 is 0 Å². The van der Waals surface area contributed by atoms with Crippen molar-refractivity contribution in [3.63, 3.8) is 0 Å². The summed E-state index contributed by atoms with van der Waals surface area (Å²) < 4.78 is 0. The van der Waals surface area contributed by atoms with Gasteiger partial charge in [-0.25, -0.2) is 20.0 Å². The van der Waals surface area contributed by atoms with Crippen molar-refractivity contribution in [2.75, 3.05) is 18.1 Å². The number of nitrogens with zero attached hydrogens (tertiary/aromatic N) is 5. The molecule has 0 radical (unpaired) electrons. The van der Waals surface area contributed by atoms with Crippen LogP contribution in [0.4, 0.5) is 5.95 Å². The summed E-state index contributed by atoms with van der Waals surface area (Å²) in [5, 5.41) is 8.84. The highest BCUT2D eigenvalue weighted by Crippen LogP contribution is 2.33. The van der Waals surface area contributed by atoms with Gasteiger partial charge in [0.15, 0.2) is 0 Å². The molecule has 0 unspecified atom stereocenters. The highest BCUT2D eigenvalue weighted by molar-refractivity contribution is 5.26. The van der Waals surface area contributed by atoms with Gasteiger partial charge < -0.3 is 5.32 Å². The number of hydrogen-bond acceptors (Lipinski definition) is 6. The Morgan fingerprint density at radius 2 is 1.27 bits per heavy atom. The first kappa shape index (κ1) is 28.0. The van der Waals surface area contributed by atoms with Gasteiger partial charge in [-0.1, -0.05) is 71.6 Å². The van der Waals surface area contributed by atoms with Crippen molar-refractivity contribution in [2.45, 2.75) is 142 Å². The number of hydrazine groups is 1. The smallest absolute Gasteiger partial charge is 0.243 e. The van der Waals surface area contributed by atoms with Crippen molar-refractivity contribution < 1.29 is 0 Å². The maximum absolute atomic E-state index is 4.58. The molecule has 1 aliphatic heterocycles. The van der Waals surface area contributed by atoms with E-state index in [4.69, 9.17) is 0 Å². The average Bonchev–Trinajstić information content (AvgIpc) is 2.75. The number of hydrogen-bond donors (Lipinski definition) is 1. The van der Waals surface area contributed by atoms with Crippen LogP contribution < -0.4 is 10.3 Å². The van der Waals surface area contributed by atoms with Crippen LogP contribution in [0.3, 0.4) is 0 Å². The number of nitrogens with one attached hydrogen (secondary N) is 1. The molecule has 33 heavy (non-hydrogen) atoms. The zero-order chi connectivity index (χ0) is 24.2. The van der Waals surface area contributed by atoms with E-state index in [1.165, 1.54) is 70.6 Å². The van der Waals surface area contributed by atoms with Crippen LogP contribution in [0.5, 0.6) is 0 Å². The molecule has 0 atom stereocenters. The molecule has 1 saturated heterocycles. The fraction of sp³-hybridized carbons (Fsp3) is 0.889. The predicted molar refractivity (Wildman–Crippen MR) is 140 cm³/mol. The Morgan fingerprint density at radius 3 is 1.82 bits per heavy atom. The van der Waals surface area contributed by atoms with Crippen molar-refractivity contribution >= 4 is 5.95 Å². The largest absolute Gasteiger partial charge is 0.307 e. The highest BCUT2D eigenvalue weighted by atomic mass is 15.7. The molecule has 1 aromatic rings. The lowest BCUT2D eigenvalue weighted by Crippen LogP contribution is -2.64. The first-order valence-electron chi connectivity index (χ1n) is 13.7. The molecule has 6 nitrogen and oxygen atoms in total. The Kier molecular flexibility index (Phi) is 12.0.